The number of rotatable bonds is 5. The molecule has 0 aliphatic heterocycles. The number of halogens is 2. The van der Waals surface area contributed by atoms with E-state index in [1.165, 1.54) is 0 Å². The highest BCUT2D eigenvalue weighted by molar-refractivity contribution is 7.20. The maximum absolute atomic E-state index is 11.2. The van der Waals surface area contributed by atoms with Gasteiger partial charge in [0.25, 0.3) is 0 Å². The predicted octanol–water partition coefficient (Wildman–Crippen LogP) is 4.24. The molecular weight excluding hydrogens is 363 g/mol. The summed E-state index contributed by atoms with van der Waals surface area (Å²) < 4.78 is 0.176. The second-order valence-corrected chi connectivity index (χ2v) is 6.31. The largest absolute Gasteiger partial charge is 0.368 e. The van der Waals surface area contributed by atoms with Gasteiger partial charge in [0.1, 0.15) is 10.2 Å². The number of thiophene rings is 1. The highest BCUT2D eigenvalue weighted by atomic mass is 35.5. The lowest BCUT2D eigenvalue weighted by molar-refractivity contribution is -0.381. The summed E-state index contributed by atoms with van der Waals surface area (Å²) >= 11 is 12.9. The van der Waals surface area contributed by atoms with Crippen molar-refractivity contribution in [3.8, 4) is 0 Å². The van der Waals surface area contributed by atoms with Crippen LogP contribution in [0.3, 0.4) is 0 Å². The van der Waals surface area contributed by atoms with Crippen LogP contribution in [-0.4, -0.2) is 19.9 Å². The fraction of sp³-hybridized carbons (Fsp3) is 0.417. The van der Waals surface area contributed by atoms with Crippen molar-refractivity contribution in [2.45, 2.75) is 33.7 Å². The quantitative estimate of drug-likeness (QED) is 0.589. The zero-order valence-corrected chi connectivity index (χ0v) is 14.0. The van der Waals surface area contributed by atoms with Gasteiger partial charge in [-0.2, -0.15) is 15.0 Å². The SMILES string of the molecule is C.CCC(Nc1nc(C)nc(N)n1)c1c([N+](=O)[O-])sc(Cl)c1Cl. The van der Waals surface area contributed by atoms with Gasteiger partial charge in [0.15, 0.2) is 0 Å². The summed E-state index contributed by atoms with van der Waals surface area (Å²) in [4.78, 5) is 22.6. The molecule has 0 saturated carbocycles. The fourth-order valence-electron chi connectivity index (χ4n) is 1.92. The third-order valence-electron chi connectivity index (χ3n) is 2.82. The van der Waals surface area contributed by atoms with Gasteiger partial charge in [-0.15, -0.1) is 0 Å². The Morgan fingerprint density at radius 3 is 2.57 bits per heavy atom. The number of hydrogen-bond donors (Lipinski definition) is 2. The zero-order valence-electron chi connectivity index (χ0n) is 11.6. The normalized spacial score (nSPS) is 11.7. The first-order chi connectivity index (χ1) is 10.3. The molecule has 3 N–H and O–H groups in total. The predicted molar refractivity (Wildman–Crippen MR) is 93.4 cm³/mol. The number of aryl methyl sites for hydroxylation is 1. The summed E-state index contributed by atoms with van der Waals surface area (Å²) in [7, 11) is 0. The molecule has 2 aromatic rings. The Hall–Kier alpha value is -1.71. The van der Waals surface area contributed by atoms with Crippen LogP contribution in [0.15, 0.2) is 0 Å². The summed E-state index contributed by atoms with van der Waals surface area (Å²) in [5.41, 5.74) is 5.89. The molecule has 2 aromatic heterocycles. The molecular formula is C12H16Cl2N6O2S. The van der Waals surface area contributed by atoms with E-state index in [0.29, 0.717) is 17.8 Å². The van der Waals surface area contributed by atoms with Crippen molar-refractivity contribution in [2.75, 3.05) is 11.1 Å². The minimum absolute atomic E-state index is 0. The molecule has 0 aliphatic rings. The van der Waals surface area contributed by atoms with E-state index in [0.717, 1.165) is 11.3 Å². The van der Waals surface area contributed by atoms with E-state index in [1.54, 1.807) is 6.92 Å². The molecule has 8 nitrogen and oxygen atoms in total. The molecule has 0 saturated heterocycles. The van der Waals surface area contributed by atoms with E-state index in [1.807, 2.05) is 6.92 Å². The lowest BCUT2D eigenvalue weighted by atomic mass is 10.1. The van der Waals surface area contributed by atoms with Crippen LogP contribution in [0.4, 0.5) is 16.9 Å². The van der Waals surface area contributed by atoms with Gasteiger partial charge in [-0.1, -0.05) is 37.6 Å². The van der Waals surface area contributed by atoms with Gasteiger partial charge < -0.3 is 11.1 Å². The van der Waals surface area contributed by atoms with Gasteiger partial charge in [0, 0.05) is 0 Å². The molecule has 0 aliphatic carbocycles. The highest BCUT2D eigenvalue weighted by Crippen LogP contribution is 2.46. The van der Waals surface area contributed by atoms with Gasteiger partial charge >= 0.3 is 5.00 Å². The van der Waals surface area contributed by atoms with Crippen molar-refractivity contribution in [2.24, 2.45) is 0 Å². The summed E-state index contributed by atoms with van der Waals surface area (Å²) in [5.74, 6) is 0.729. The van der Waals surface area contributed by atoms with Crippen molar-refractivity contribution in [1.29, 1.82) is 0 Å². The molecule has 2 heterocycles. The second-order valence-electron chi connectivity index (χ2n) is 4.34. The summed E-state index contributed by atoms with van der Waals surface area (Å²) in [6.07, 6.45) is 0.512. The zero-order chi connectivity index (χ0) is 16.4. The van der Waals surface area contributed by atoms with E-state index in [4.69, 9.17) is 28.9 Å². The van der Waals surface area contributed by atoms with Crippen molar-refractivity contribution in [3.05, 3.63) is 30.9 Å². The number of nitro groups is 1. The fourth-order valence-corrected chi connectivity index (χ4v) is 3.44. The smallest absolute Gasteiger partial charge is 0.332 e. The van der Waals surface area contributed by atoms with E-state index < -0.39 is 11.0 Å². The van der Waals surface area contributed by atoms with Crippen molar-refractivity contribution < 1.29 is 4.92 Å². The van der Waals surface area contributed by atoms with Gasteiger partial charge in [0.05, 0.1) is 21.6 Å². The standard InChI is InChI=1S/C11H12Cl2N6O2S.CH4/c1-3-5(17-11-16-4(2)15-10(14)18-11)6-7(12)8(13)22-9(6)19(20)21;/h5H,3H2,1-2H3,(H3,14,15,16,17,18);1H4. The van der Waals surface area contributed by atoms with Gasteiger partial charge in [-0.25, -0.2) is 0 Å². The average molecular weight is 379 g/mol. The summed E-state index contributed by atoms with van der Waals surface area (Å²) in [6, 6.07) is -0.474. The van der Waals surface area contributed by atoms with Crippen molar-refractivity contribution in [3.63, 3.8) is 0 Å². The van der Waals surface area contributed by atoms with E-state index in [9.17, 15) is 10.1 Å². The Balaban J connectivity index is 0.00000264. The average Bonchev–Trinajstić information content (AvgIpc) is 2.72. The minimum Gasteiger partial charge on any atom is -0.368 e. The van der Waals surface area contributed by atoms with Crippen LogP contribution < -0.4 is 11.1 Å². The molecule has 23 heavy (non-hydrogen) atoms. The van der Waals surface area contributed by atoms with Crippen LogP contribution in [0, 0.1) is 17.0 Å². The Labute approximate surface area is 147 Å². The molecule has 0 amide bonds. The molecule has 2 rings (SSSR count). The van der Waals surface area contributed by atoms with E-state index >= 15 is 0 Å². The van der Waals surface area contributed by atoms with Crippen LogP contribution in [0.1, 0.15) is 38.2 Å². The molecule has 11 heteroatoms. The lowest BCUT2D eigenvalue weighted by Crippen LogP contribution is -2.15. The van der Waals surface area contributed by atoms with Crippen LogP contribution in [-0.2, 0) is 0 Å². The molecule has 0 bridgehead atoms. The first-order valence-corrected chi connectivity index (χ1v) is 7.77. The first kappa shape index (κ1) is 19.3. The number of nitrogen functional groups attached to an aromatic ring is 1. The first-order valence-electron chi connectivity index (χ1n) is 6.20. The Morgan fingerprint density at radius 2 is 2.04 bits per heavy atom. The van der Waals surface area contributed by atoms with E-state index in [-0.39, 0.29) is 33.7 Å². The molecule has 1 atom stereocenters. The van der Waals surface area contributed by atoms with Crippen LogP contribution in [0.5, 0.6) is 0 Å². The molecule has 0 fully saturated rings. The van der Waals surface area contributed by atoms with Crippen LogP contribution in [0.2, 0.25) is 9.36 Å². The topological polar surface area (TPSA) is 120 Å². The second kappa shape index (κ2) is 7.71. The van der Waals surface area contributed by atoms with Gasteiger partial charge in [0.2, 0.25) is 11.9 Å². The minimum atomic E-state index is -0.505. The van der Waals surface area contributed by atoms with E-state index in [2.05, 4.69) is 20.3 Å². The summed E-state index contributed by atoms with van der Waals surface area (Å²) in [5, 5.41) is 14.2. The molecule has 0 radical (unpaired) electrons. The molecule has 126 valence electrons. The number of aromatic nitrogens is 3. The number of hydrogen-bond acceptors (Lipinski definition) is 8. The maximum atomic E-state index is 11.2. The Bertz CT molecular complexity index is 704. The number of nitrogens with zero attached hydrogens (tertiary/aromatic N) is 4. The monoisotopic (exact) mass is 378 g/mol. The molecule has 1 unspecified atom stereocenters. The van der Waals surface area contributed by atoms with Gasteiger partial charge in [-0.05, 0) is 24.7 Å². The Kier molecular flexibility index (Phi) is 6.48. The highest BCUT2D eigenvalue weighted by Gasteiger charge is 2.30. The van der Waals surface area contributed by atoms with Gasteiger partial charge in [-0.3, -0.25) is 10.1 Å². The molecule has 0 aromatic carbocycles. The molecule has 0 spiro atoms. The third kappa shape index (κ3) is 4.18. The number of nitrogens with one attached hydrogen (secondary N) is 1. The number of nitrogens with two attached hydrogens (primary N) is 1. The Morgan fingerprint density at radius 1 is 1.39 bits per heavy atom. The lowest BCUT2D eigenvalue weighted by Gasteiger charge is -2.16. The summed E-state index contributed by atoms with van der Waals surface area (Å²) in [6.45, 7) is 3.52. The van der Waals surface area contributed by atoms with Crippen LogP contribution in [0.25, 0.3) is 0 Å². The van der Waals surface area contributed by atoms with Crippen molar-refractivity contribution >= 4 is 51.4 Å². The van der Waals surface area contributed by atoms with Crippen LogP contribution >= 0.6 is 34.5 Å². The number of anilines is 2. The van der Waals surface area contributed by atoms with Crippen molar-refractivity contribution in [1.82, 2.24) is 15.0 Å². The third-order valence-corrected chi connectivity index (χ3v) is 4.78. The maximum Gasteiger partial charge on any atom is 0.332 e.